The predicted molar refractivity (Wildman–Crippen MR) is 158 cm³/mol. The minimum atomic E-state index is -4.00. The molecule has 40 heavy (non-hydrogen) atoms. The fourth-order valence-electron chi connectivity index (χ4n) is 4.00. The normalized spacial score (nSPS) is 13.6. The maximum absolute atomic E-state index is 13.0. The van der Waals surface area contributed by atoms with Gasteiger partial charge in [0.05, 0.1) is 15.6 Å². The lowest BCUT2D eigenvalue weighted by molar-refractivity contribution is -0.125. The molecule has 9 nitrogen and oxygen atoms in total. The van der Waals surface area contributed by atoms with E-state index in [1.54, 1.807) is 36.4 Å². The van der Waals surface area contributed by atoms with Crippen LogP contribution in [0.3, 0.4) is 0 Å². The highest BCUT2D eigenvalue weighted by Crippen LogP contribution is 2.35. The summed E-state index contributed by atoms with van der Waals surface area (Å²) >= 11 is 12.1. The van der Waals surface area contributed by atoms with Crippen molar-refractivity contribution >= 4 is 63.1 Å². The van der Waals surface area contributed by atoms with Crippen LogP contribution in [0.2, 0.25) is 10.0 Å². The number of carbonyl (C=O) groups is 2. The molecule has 0 unspecified atom stereocenters. The van der Waals surface area contributed by atoms with Crippen LogP contribution in [-0.4, -0.2) is 46.4 Å². The van der Waals surface area contributed by atoms with E-state index in [2.05, 4.69) is 20.7 Å². The zero-order chi connectivity index (χ0) is 27.8. The number of sulfonamides is 1. The molecule has 0 bridgehead atoms. The van der Waals surface area contributed by atoms with Crippen molar-refractivity contribution in [1.82, 2.24) is 16.0 Å². The van der Waals surface area contributed by atoms with Gasteiger partial charge in [0.25, 0.3) is 15.9 Å². The van der Waals surface area contributed by atoms with Gasteiger partial charge in [0.2, 0.25) is 5.91 Å². The molecule has 2 amide bonds. The summed E-state index contributed by atoms with van der Waals surface area (Å²) in [5.41, 5.74) is 0.497. The summed E-state index contributed by atoms with van der Waals surface area (Å²) in [5.74, 6) is 0.180. The molecule has 1 fully saturated rings. The molecule has 0 aromatic heterocycles. The summed E-state index contributed by atoms with van der Waals surface area (Å²) < 4.78 is 34.4. The summed E-state index contributed by atoms with van der Waals surface area (Å²) in [6.45, 7) is 2.22. The maximum atomic E-state index is 13.0. The summed E-state index contributed by atoms with van der Waals surface area (Å²) in [6, 6.07) is 16.8. The van der Waals surface area contributed by atoms with Crippen molar-refractivity contribution in [3.05, 3.63) is 82.3 Å². The van der Waals surface area contributed by atoms with Crippen molar-refractivity contribution < 1.29 is 22.7 Å². The van der Waals surface area contributed by atoms with Crippen LogP contribution in [0.25, 0.3) is 0 Å². The molecular weight excluding hydrogens is 599 g/mol. The van der Waals surface area contributed by atoms with Crippen molar-refractivity contribution in [3.8, 4) is 11.5 Å². The quantitative estimate of drug-likeness (QED) is 0.238. The van der Waals surface area contributed by atoms with Gasteiger partial charge < -0.3 is 20.7 Å². The SMILES string of the molecule is Cl.O=C(NCCNC(=O)C1CCNCC1)c1ccc(S(=O)(=O)Nc2ccccc2Oc2ccc(Cl)cc2Cl)cc1. The summed E-state index contributed by atoms with van der Waals surface area (Å²) in [5, 5.41) is 9.51. The Balaban J connectivity index is 0.00000441. The van der Waals surface area contributed by atoms with Gasteiger partial charge in [-0.1, -0.05) is 35.3 Å². The minimum absolute atomic E-state index is 0. The van der Waals surface area contributed by atoms with E-state index in [0.717, 1.165) is 25.9 Å². The van der Waals surface area contributed by atoms with Crippen LogP contribution in [-0.2, 0) is 14.8 Å². The third-order valence-electron chi connectivity index (χ3n) is 6.09. The molecule has 1 aliphatic rings. The monoisotopic (exact) mass is 626 g/mol. The van der Waals surface area contributed by atoms with Crippen LogP contribution in [0.4, 0.5) is 5.69 Å². The molecule has 3 aromatic rings. The molecule has 1 aliphatic heterocycles. The van der Waals surface area contributed by atoms with Crippen molar-refractivity contribution in [2.75, 3.05) is 30.9 Å². The molecule has 0 radical (unpaired) electrons. The van der Waals surface area contributed by atoms with Gasteiger partial charge in [-0.25, -0.2) is 8.42 Å². The van der Waals surface area contributed by atoms with Crippen molar-refractivity contribution in [2.24, 2.45) is 5.92 Å². The lowest BCUT2D eigenvalue weighted by Gasteiger charge is -2.21. The number of hydrogen-bond acceptors (Lipinski definition) is 6. The Morgan fingerprint density at radius 1 is 0.900 bits per heavy atom. The first-order valence-corrected chi connectivity index (χ1v) is 14.6. The summed E-state index contributed by atoms with van der Waals surface area (Å²) in [6.07, 6.45) is 1.61. The van der Waals surface area contributed by atoms with E-state index >= 15 is 0 Å². The second-order valence-corrected chi connectivity index (χ2v) is 11.4. The summed E-state index contributed by atoms with van der Waals surface area (Å²) in [4.78, 5) is 24.6. The van der Waals surface area contributed by atoms with E-state index in [1.165, 1.54) is 30.3 Å². The van der Waals surface area contributed by atoms with Crippen LogP contribution < -0.4 is 25.4 Å². The first kappa shape index (κ1) is 31.5. The Morgan fingerprint density at radius 2 is 1.57 bits per heavy atom. The van der Waals surface area contributed by atoms with Gasteiger partial charge in [0.15, 0.2) is 5.75 Å². The number of piperidine rings is 1. The second-order valence-electron chi connectivity index (χ2n) is 8.87. The number of benzene rings is 3. The number of ether oxygens (including phenoxy) is 1. The van der Waals surface area contributed by atoms with Gasteiger partial charge in [0, 0.05) is 29.6 Å². The lowest BCUT2D eigenvalue weighted by atomic mass is 9.97. The van der Waals surface area contributed by atoms with Crippen LogP contribution in [0.5, 0.6) is 11.5 Å². The fourth-order valence-corrected chi connectivity index (χ4v) is 5.52. The zero-order valence-electron chi connectivity index (χ0n) is 21.3. The first-order chi connectivity index (χ1) is 18.7. The highest BCUT2D eigenvalue weighted by atomic mass is 35.5. The molecule has 13 heteroatoms. The topological polar surface area (TPSA) is 126 Å². The van der Waals surface area contributed by atoms with Crippen LogP contribution >= 0.6 is 35.6 Å². The van der Waals surface area contributed by atoms with E-state index in [1.807, 2.05) is 0 Å². The molecule has 0 atom stereocenters. The highest BCUT2D eigenvalue weighted by Gasteiger charge is 2.21. The Kier molecular flexibility index (Phi) is 11.5. The molecule has 4 rings (SSSR count). The van der Waals surface area contributed by atoms with Crippen LogP contribution in [0.15, 0.2) is 71.6 Å². The van der Waals surface area contributed by atoms with E-state index < -0.39 is 10.0 Å². The number of amides is 2. The van der Waals surface area contributed by atoms with E-state index in [4.69, 9.17) is 27.9 Å². The highest BCUT2D eigenvalue weighted by molar-refractivity contribution is 7.92. The average Bonchev–Trinajstić information content (AvgIpc) is 2.93. The van der Waals surface area contributed by atoms with Gasteiger partial charge in [-0.2, -0.15) is 0 Å². The smallest absolute Gasteiger partial charge is 0.262 e. The predicted octanol–water partition coefficient (Wildman–Crippen LogP) is 4.85. The Hall–Kier alpha value is -3.02. The van der Waals surface area contributed by atoms with E-state index in [0.29, 0.717) is 22.9 Å². The second kappa shape index (κ2) is 14.6. The molecule has 0 saturated carbocycles. The van der Waals surface area contributed by atoms with Crippen molar-refractivity contribution in [1.29, 1.82) is 0 Å². The van der Waals surface area contributed by atoms with Gasteiger partial charge >= 0.3 is 0 Å². The van der Waals surface area contributed by atoms with Gasteiger partial charge in [-0.05, 0) is 80.5 Å². The van der Waals surface area contributed by atoms with E-state index in [-0.39, 0.29) is 58.0 Å². The maximum Gasteiger partial charge on any atom is 0.262 e. The molecule has 214 valence electrons. The molecular formula is C27H29Cl3N4O5S. The lowest BCUT2D eigenvalue weighted by Crippen LogP contribution is -2.41. The zero-order valence-corrected chi connectivity index (χ0v) is 24.4. The molecule has 1 saturated heterocycles. The number of rotatable bonds is 10. The number of hydrogen-bond donors (Lipinski definition) is 4. The molecule has 0 aliphatic carbocycles. The van der Waals surface area contributed by atoms with Crippen molar-refractivity contribution in [3.63, 3.8) is 0 Å². The minimum Gasteiger partial charge on any atom is -0.454 e. The molecule has 0 spiro atoms. The van der Waals surface area contributed by atoms with Crippen LogP contribution in [0, 0.1) is 5.92 Å². The first-order valence-electron chi connectivity index (χ1n) is 12.3. The number of anilines is 1. The third-order valence-corrected chi connectivity index (χ3v) is 8.00. The average molecular weight is 628 g/mol. The number of para-hydroxylation sites is 2. The number of carbonyl (C=O) groups excluding carboxylic acids is 2. The Labute approximate surface area is 249 Å². The standard InChI is InChI=1S/C27H28Cl2N4O5S.ClH/c28-20-7-10-24(22(29)17-20)38-25-4-2-1-3-23(25)33-39(36,37)21-8-5-18(6-9-21)26(34)31-15-16-32-27(35)19-11-13-30-14-12-19;/h1-10,17,19,30,33H,11-16H2,(H,31,34)(H,32,35);1H. The van der Waals surface area contributed by atoms with Gasteiger partial charge in [0.1, 0.15) is 5.75 Å². The Bertz CT molecular complexity index is 1430. The largest absolute Gasteiger partial charge is 0.454 e. The summed E-state index contributed by atoms with van der Waals surface area (Å²) in [7, 11) is -4.00. The van der Waals surface area contributed by atoms with E-state index in [9.17, 15) is 18.0 Å². The number of nitrogens with one attached hydrogen (secondary N) is 4. The number of halogens is 3. The molecule has 3 aromatic carbocycles. The van der Waals surface area contributed by atoms with Crippen molar-refractivity contribution in [2.45, 2.75) is 17.7 Å². The fraction of sp³-hybridized carbons (Fsp3) is 0.259. The van der Waals surface area contributed by atoms with Crippen LogP contribution in [0.1, 0.15) is 23.2 Å². The Morgan fingerprint density at radius 3 is 2.27 bits per heavy atom. The molecule has 4 N–H and O–H groups in total. The third kappa shape index (κ3) is 8.49. The van der Waals surface area contributed by atoms with Gasteiger partial charge in [-0.15, -0.1) is 12.4 Å². The molecule has 1 heterocycles. The van der Waals surface area contributed by atoms with Gasteiger partial charge in [-0.3, -0.25) is 14.3 Å².